The van der Waals surface area contributed by atoms with Crippen LogP contribution in [0.25, 0.3) is 0 Å². The molecule has 0 aliphatic heterocycles. The molecule has 9 heavy (non-hydrogen) atoms. The minimum atomic E-state index is 0.970. The largest absolute Gasteiger partial charge is 0.0851 e. The Labute approximate surface area is 57.0 Å². The van der Waals surface area contributed by atoms with Gasteiger partial charge in [0.25, 0.3) is 0 Å². The van der Waals surface area contributed by atoms with Gasteiger partial charge in [0.05, 0.1) is 0 Å². The van der Waals surface area contributed by atoms with Crippen LogP contribution in [0, 0.1) is 11.8 Å². The van der Waals surface area contributed by atoms with E-state index in [9.17, 15) is 0 Å². The van der Waals surface area contributed by atoms with Gasteiger partial charge in [0.1, 0.15) is 0 Å². The molecule has 0 heteroatoms. The van der Waals surface area contributed by atoms with Crippen molar-refractivity contribution in [1.29, 1.82) is 0 Å². The quantitative estimate of drug-likeness (QED) is 0.433. The summed E-state index contributed by atoms with van der Waals surface area (Å²) in [6.45, 7) is 0. The van der Waals surface area contributed by atoms with E-state index < -0.39 is 0 Å². The van der Waals surface area contributed by atoms with Crippen molar-refractivity contribution < 1.29 is 0 Å². The average Bonchev–Trinajstić information content (AvgIpc) is 2.09. The smallest absolute Gasteiger partial charge is 0.0228 e. The number of rotatable bonds is 0. The molecule has 0 amide bonds. The first-order valence-corrected chi connectivity index (χ1v) is 4.13. The van der Waals surface area contributed by atoms with E-state index in [1.165, 1.54) is 32.1 Å². The second kappa shape index (κ2) is 2.17. The Morgan fingerprint density at radius 2 is 1.44 bits per heavy atom. The van der Waals surface area contributed by atoms with Crippen LogP contribution in [0.1, 0.15) is 32.1 Å². The van der Waals surface area contributed by atoms with Crippen molar-refractivity contribution in [3.63, 3.8) is 0 Å². The van der Waals surface area contributed by atoms with E-state index in [0.717, 1.165) is 11.8 Å². The van der Waals surface area contributed by atoms with Gasteiger partial charge in [-0.3, -0.25) is 0 Å². The summed E-state index contributed by atoms with van der Waals surface area (Å²) in [5.41, 5.74) is 0. The minimum absolute atomic E-state index is 0.970. The Morgan fingerprint density at radius 3 is 2.00 bits per heavy atom. The zero-order valence-electron chi connectivity index (χ0n) is 5.84. The molecule has 2 aliphatic rings. The van der Waals surface area contributed by atoms with Crippen LogP contribution in [0.3, 0.4) is 0 Å². The maximum Gasteiger partial charge on any atom is -0.0228 e. The van der Waals surface area contributed by atoms with Gasteiger partial charge < -0.3 is 0 Å². The maximum atomic E-state index is 2.43. The number of hydrogen-bond acceptors (Lipinski definition) is 0. The minimum Gasteiger partial charge on any atom is -0.0851 e. The first-order chi connectivity index (χ1) is 4.45. The molecule has 0 spiro atoms. The van der Waals surface area contributed by atoms with E-state index in [1.54, 1.807) is 0 Å². The van der Waals surface area contributed by atoms with Gasteiger partial charge in [0.2, 0.25) is 0 Å². The third-order valence-corrected chi connectivity index (χ3v) is 2.66. The van der Waals surface area contributed by atoms with Crippen LogP contribution in [0.4, 0.5) is 0 Å². The van der Waals surface area contributed by atoms with Crippen LogP contribution in [0.2, 0.25) is 0 Å². The van der Waals surface area contributed by atoms with Gasteiger partial charge >= 0.3 is 0 Å². The number of fused-ring (bicyclic) bond motifs is 2. The lowest BCUT2D eigenvalue weighted by Crippen LogP contribution is -1.91. The predicted molar refractivity (Wildman–Crippen MR) is 39.2 cm³/mol. The molecule has 2 atom stereocenters. The zero-order chi connectivity index (χ0) is 6.10. The van der Waals surface area contributed by atoms with E-state index in [0.29, 0.717) is 0 Å². The van der Waals surface area contributed by atoms with Crippen molar-refractivity contribution in [3.8, 4) is 0 Å². The van der Waals surface area contributed by atoms with Crippen LogP contribution in [-0.4, -0.2) is 0 Å². The fraction of sp³-hybridized carbons (Fsp3) is 0.778. The normalized spacial score (nSPS) is 40.9. The van der Waals surface area contributed by atoms with E-state index in [4.69, 9.17) is 0 Å². The molecule has 1 saturated carbocycles. The highest BCUT2D eigenvalue weighted by Crippen LogP contribution is 2.34. The fourth-order valence-electron chi connectivity index (χ4n) is 2.10. The second-order valence-electron chi connectivity index (χ2n) is 3.43. The van der Waals surface area contributed by atoms with Crippen molar-refractivity contribution in [2.24, 2.45) is 11.8 Å². The highest BCUT2D eigenvalue weighted by molar-refractivity contribution is 5.02. The highest BCUT2D eigenvalue weighted by Gasteiger charge is 2.20. The van der Waals surface area contributed by atoms with Crippen molar-refractivity contribution in [1.82, 2.24) is 0 Å². The Kier molecular flexibility index (Phi) is 1.33. The van der Waals surface area contributed by atoms with Gasteiger partial charge in [-0.2, -0.15) is 0 Å². The molecule has 0 saturated heterocycles. The van der Waals surface area contributed by atoms with Crippen molar-refractivity contribution in [3.05, 3.63) is 12.2 Å². The molecular formula is C9H14. The van der Waals surface area contributed by atoms with Gasteiger partial charge in [-0.05, 0) is 31.1 Å². The molecule has 0 heterocycles. The molecule has 0 N–H and O–H groups in total. The lowest BCUT2D eigenvalue weighted by atomic mass is 10.0. The zero-order valence-corrected chi connectivity index (χ0v) is 5.84. The monoisotopic (exact) mass is 122 g/mol. The molecule has 0 aromatic rings. The Balaban J connectivity index is 2.08. The Morgan fingerprint density at radius 1 is 0.889 bits per heavy atom. The molecule has 0 radical (unpaired) electrons. The van der Waals surface area contributed by atoms with E-state index in [2.05, 4.69) is 12.2 Å². The Hall–Kier alpha value is -0.260. The number of hydrogen-bond donors (Lipinski definition) is 0. The molecule has 2 aliphatic carbocycles. The summed E-state index contributed by atoms with van der Waals surface area (Å²) >= 11 is 0. The molecule has 2 bridgehead atoms. The Bertz CT molecular complexity index is 110. The van der Waals surface area contributed by atoms with Crippen molar-refractivity contribution >= 4 is 0 Å². The third-order valence-electron chi connectivity index (χ3n) is 2.66. The van der Waals surface area contributed by atoms with Gasteiger partial charge in [-0.25, -0.2) is 0 Å². The first-order valence-electron chi connectivity index (χ1n) is 4.13. The molecule has 0 nitrogen and oxygen atoms in total. The molecule has 1 fully saturated rings. The van der Waals surface area contributed by atoms with Gasteiger partial charge in [0.15, 0.2) is 0 Å². The van der Waals surface area contributed by atoms with Crippen LogP contribution in [0.15, 0.2) is 12.2 Å². The van der Waals surface area contributed by atoms with Crippen molar-refractivity contribution in [2.45, 2.75) is 32.1 Å². The third kappa shape index (κ3) is 1.03. The summed E-state index contributed by atoms with van der Waals surface area (Å²) in [6.07, 6.45) is 12.2. The summed E-state index contributed by atoms with van der Waals surface area (Å²) in [5, 5.41) is 0. The lowest BCUT2D eigenvalue weighted by Gasteiger charge is -2.02. The van der Waals surface area contributed by atoms with E-state index in [-0.39, 0.29) is 0 Å². The number of allylic oxidation sites excluding steroid dienone is 2. The van der Waals surface area contributed by atoms with E-state index >= 15 is 0 Å². The topological polar surface area (TPSA) is 0 Å². The van der Waals surface area contributed by atoms with Crippen molar-refractivity contribution in [2.75, 3.05) is 0 Å². The summed E-state index contributed by atoms with van der Waals surface area (Å²) in [7, 11) is 0. The summed E-state index contributed by atoms with van der Waals surface area (Å²) in [4.78, 5) is 0. The molecule has 2 unspecified atom stereocenters. The van der Waals surface area contributed by atoms with E-state index in [1.807, 2.05) is 0 Å². The van der Waals surface area contributed by atoms with Crippen LogP contribution in [0.5, 0.6) is 0 Å². The lowest BCUT2D eigenvalue weighted by molar-refractivity contribution is 0.535. The summed E-state index contributed by atoms with van der Waals surface area (Å²) in [6, 6.07) is 0. The fourth-order valence-corrected chi connectivity index (χ4v) is 2.10. The van der Waals surface area contributed by atoms with Crippen LogP contribution >= 0.6 is 0 Å². The van der Waals surface area contributed by atoms with Crippen LogP contribution in [-0.2, 0) is 0 Å². The maximum absolute atomic E-state index is 2.43. The molecule has 0 aromatic heterocycles. The standard InChI is InChI=1S/C9H14/c1-2-4-9-6-5-8(3-1)7-9/h5-6,8-9H,1-4,7H2. The second-order valence-corrected chi connectivity index (χ2v) is 3.43. The summed E-state index contributed by atoms with van der Waals surface area (Å²) in [5.74, 6) is 1.94. The average molecular weight is 122 g/mol. The molecule has 2 rings (SSSR count). The first kappa shape index (κ1) is 5.52. The molecule has 0 aromatic carbocycles. The summed E-state index contributed by atoms with van der Waals surface area (Å²) < 4.78 is 0. The predicted octanol–water partition coefficient (Wildman–Crippen LogP) is 2.75. The van der Waals surface area contributed by atoms with Gasteiger partial charge in [-0.15, -0.1) is 0 Å². The molecular weight excluding hydrogens is 108 g/mol. The van der Waals surface area contributed by atoms with Crippen LogP contribution < -0.4 is 0 Å². The molecule has 50 valence electrons. The highest BCUT2D eigenvalue weighted by atomic mass is 14.3. The van der Waals surface area contributed by atoms with Gasteiger partial charge in [0, 0.05) is 0 Å². The van der Waals surface area contributed by atoms with Gasteiger partial charge in [-0.1, -0.05) is 25.0 Å². The SMILES string of the molecule is C1=CC2CCCCC1C2.